The van der Waals surface area contributed by atoms with Gasteiger partial charge in [0.15, 0.2) is 19.7 Å². The summed E-state index contributed by atoms with van der Waals surface area (Å²) < 4.78 is 71.7. The van der Waals surface area contributed by atoms with Gasteiger partial charge in [-0.1, -0.05) is 78.9 Å². The highest BCUT2D eigenvalue weighted by atomic mass is 32.2. The Balaban J connectivity index is 0.000000272. The van der Waals surface area contributed by atoms with E-state index in [2.05, 4.69) is 35.3 Å². The Morgan fingerprint density at radius 3 is 1.63 bits per heavy atom. The third kappa shape index (κ3) is 16.0. The van der Waals surface area contributed by atoms with Gasteiger partial charge in [-0.2, -0.15) is 20.5 Å². The molecule has 0 N–H and O–H groups in total. The van der Waals surface area contributed by atoms with Crippen molar-refractivity contribution in [1.82, 2.24) is 0 Å². The minimum absolute atomic E-state index is 0.0991. The van der Waals surface area contributed by atoms with E-state index < -0.39 is 26.3 Å². The third-order valence-electron chi connectivity index (χ3n) is 4.03. The summed E-state index contributed by atoms with van der Waals surface area (Å²) in [6.07, 6.45) is 4.39. The van der Waals surface area contributed by atoms with Crippen LogP contribution in [0, 0.1) is 0 Å². The van der Waals surface area contributed by atoms with Crippen molar-refractivity contribution in [2.75, 3.05) is 18.8 Å². The Labute approximate surface area is 211 Å². The summed E-state index contributed by atoms with van der Waals surface area (Å²) in [5.74, 6) is 0.850. The van der Waals surface area contributed by atoms with Gasteiger partial charge in [-0.25, -0.2) is 16.8 Å². The molecule has 0 saturated heterocycles. The first-order valence-corrected chi connectivity index (χ1v) is 15.9. The first-order valence-electron chi connectivity index (χ1n) is 10.3. The van der Waals surface area contributed by atoms with Crippen molar-refractivity contribution < 1.29 is 30.4 Å². The number of halogens is 2. The monoisotopic (exact) mass is 544 g/mol. The Bertz CT molecular complexity index is 1200. The van der Waals surface area contributed by atoms with Crippen LogP contribution in [0.25, 0.3) is 0 Å². The second kappa shape index (κ2) is 15.5. The van der Waals surface area contributed by atoms with Crippen LogP contribution in [0.1, 0.15) is 16.7 Å². The van der Waals surface area contributed by atoms with Gasteiger partial charge in [-0.3, -0.25) is 0 Å². The third-order valence-corrected chi connectivity index (χ3v) is 6.35. The summed E-state index contributed by atoms with van der Waals surface area (Å²) in [4.78, 5) is 0. The maximum atomic E-state index is 12.0. The molecule has 0 aliphatic rings. The molecule has 0 aliphatic carbocycles. The number of para-hydroxylation sites is 1. The Hall–Kier alpha value is -2.43. The lowest BCUT2D eigenvalue weighted by Crippen LogP contribution is -2.07. The first kappa shape index (κ1) is 30.6. The quantitative estimate of drug-likeness (QED) is 0.367. The average molecular weight is 545 g/mol. The molecule has 0 fully saturated rings. The normalized spacial score (nSPS) is 11.0. The summed E-state index contributed by atoms with van der Waals surface area (Å²) in [5.41, 5.74) is 2.49. The van der Waals surface area contributed by atoms with Crippen molar-refractivity contribution in [2.24, 2.45) is 0 Å². The van der Waals surface area contributed by atoms with Gasteiger partial charge in [0.1, 0.15) is 5.75 Å². The fraction of sp³-hybridized carbons (Fsp3) is 0.280. The summed E-state index contributed by atoms with van der Waals surface area (Å²) in [6, 6.07) is 25.5. The average Bonchev–Trinajstić information content (AvgIpc) is 2.75. The van der Waals surface area contributed by atoms with E-state index in [9.17, 15) is 25.6 Å². The zero-order valence-electron chi connectivity index (χ0n) is 19.8. The van der Waals surface area contributed by atoms with Crippen molar-refractivity contribution in [1.29, 1.82) is 0 Å². The van der Waals surface area contributed by atoms with Crippen molar-refractivity contribution in [3.63, 3.8) is 0 Å². The second-order valence-corrected chi connectivity index (χ2v) is 12.7. The molecule has 3 aromatic carbocycles. The molecular weight excluding hydrogens is 514 g/mol. The number of rotatable bonds is 8. The predicted molar refractivity (Wildman–Crippen MR) is 140 cm³/mol. The van der Waals surface area contributed by atoms with E-state index in [-0.39, 0.29) is 22.8 Å². The molecule has 0 aliphatic heterocycles. The molecule has 3 aromatic rings. The zero-order chi connectivity index (χ0) is 26.3. The number of hydrogen-bond acceptors (Lipinski definition) is 6. The van der Waals surface area contributed by atoms with Gasteiger partial charge in [0, 0.05) is 23.8 Å². The van der Waals surface area contributed by atoms with Gasteiger partial charge in [0.25, 0.3) is 0 Å². The summed E-state index contributed by atoms with van der Waals surface area (Å²) >= 11 is 1.85. The number of ether oxygens (including phenoxy) is 1. The molecule has 0 heterocycles. The molecule has 0 aromatic heterocycles. The standard InChI is InChI=1S/C9H10F2O3S.C8H10O2S.C8H10S/c1-15(12,13)6-7-4-2-3-5-8(7)14-9(10)11;1-11(9,10)7-8-5-3-2-4-6-8;1-9-7-8-5-3-2-4-6-8/h2-5,9H,6H2,1H3;2-6H,7H2,1H3;2-6H,7H2,1H3. The van der Waals surface area contributed by atoms with Crippen LogP contribution in [-0.2, 0) is 36.9 Å². The number of hydrogen-bond donors (Lipinski definition) is 0. The number of benzene rings is 3. The molecule has 10 heteroatoms. The fourth-order valence-electron chi connectivity index (χ4n) is 2.73. The first-order chi connectivity index (χ1) is 16.4. The topological polar surface area (TPSA) is 77.5 Å². The minimum atomic E-state index is -3.26. The van der Waals surface area contributed by atoms with Gasteiger partial charge in [-0.15, -0.1) is 0 Å². The van der Waals surface area contributed by atoms with Crippen LogP contribution in [0.4, 0.5) is 8.78 Å². The summed E-state index contributed by atoms with van der Waals surface area (Å²) in [5, 5.41) is 0. The lowest BCUT2D eigenvalue weighted by atomic mass is 10.2. The van der Waals surface area contributed by atoms with Crippen molar-refractivity contribution in [2.45, 2.75) is 23.9 Å². The van der Waals surface area contributed by atoms with E-state index in [1.807, 2.05) is 36.0 Å². The van der Waals surface area contributed by atoms with E-state index in [1.165, 1.54) is 30.0 Å². The molecule has 35 heavy (non-hydrogen) atoms. The predicted octanol–water partition coefficient (Wildman–Crippen LogP) is 5.61. The Morgan fingerprint density at radius 2 is 1.17 bits per heavy atom. The smallest absolute Gasteiger partial charge is 0.387 e. The van der Waals surface area contributed by atoms with Gasteiger partial charge in [-0.05, 0) is 23.4 Å². The highest BCUT2D eigenvalue weighted by molar-refractivity contribution is 7.97. The van der Waals surface area contributed by atoms with Crippen LogP contribution in [0.15, 0.2) is 84.9 Å². The zero-order valence-corrected chi connectivity index (χ0v) is 22.3. The maximum absolute atomic E-state index is 12.0. The number of sulfone groups is 2. The van der Waals surface area contributed by atoms with E-state index in [4.69, 9.17) is 0 Å². The lowest BCUT2D eigenvalue weighted by Gasteiger charge is -2.09. The van der Waals surface area contributed by atoms with Gasteiger partial charge in [0.05, 0.1) is 11.5 Å². The molecular formula is C25H30F2O5S3. The fourth-order valence-corrected chi connectivity index (χ4v) is 4.86. The van der Waals surface area contributed by atoms with E-state index >= 15 is 0 Å². The van der Waals surface area contributed by atoms with Gasteiger partial charge in [0.2, 0.25) is 0 Å². The van der Waals surface area contributed by atoms with Crippen molar-refractivity contribution >= 4 is 31.4 Å². The number of thioether (sulfide) groups is 1. The SMILES string of the molecule is CS(=O)(=O)Cc1ccccc1.CS(=O)(=O)Cc1ccccc1OC(F)F.CSCc1ccccc1. The van der Waals surface area contributed by atoms with Crippen LogP contribution in [0.2, 0.25) is 0 Å². The molecule has 0 saturated carbocycles. The van der Waals surface area contributed by atoms with Crippen LogP contribution >= 0.6 is 11.8 Å². The summed E-state index contributed by atoms with van der Waals surface area (Å²) in [6.45, 7) is -2.95. The minimum Gasteiger partial charge on any atom is -0.435 e. The summed E-state index contributed by atoms with van der Waals surface area (Å²) in [7, 11) is -6.14. The Kier molecular flexibility index (Phi) is 13.6. The maximum Gasteiger partial charge on any atom is 0.387 e. The molecule has 0 bridgehead atoms. The van der Waals surface area contributed by atoms with Crippen molar-refractivity contribution in [3.05, 3.63) is 102 Å². The van der Waals surface area contributed by atoms with Crippen LogP contribution in [0.5, 0.6) is 5.75 Å². The number of alkyl halides is 2. The van der Waals surface area contributed by atoms with E-state index in [0.717, 1.165) is 17.6 Å². The largest absolute Gasteiger partial charge is 0.435 e. The molecule has 0 unspecified atom stereocenters. The molecule has 0 radical (unpaired) electrons. The van der Waals surface area contributed by atoms with E-state index in [1.54, 1.807) is 18.2 Å². The molecule has 5 nitrogen and oxygen atoms in total. The molecule has 0 spiro atoms. The highest BCUT2D eigenvalue weighted by Gasteiger charge is 2.12. The van der Waals surface area contributed by atoms with Crippen LogP contribution in [0.3, 0.4) is 0 Å². The van der Waals surface area contributed by atoms with Crippen molar-refractivity contribution in [3.8, 4) is 5.75 Å². The van der Waals surface area contributed by atoms with Crippen LogP contribution < -0.4 is 4.74 Å². The highest BCUT2D eigenvalue weighted by Crippen LogP contribution is 2.22. The van der Waals surface area contributed by atoms with Crippen LogP contribution in [-0.4, -0.2) is 42.2 Å². The van der Waals surface area contributed by atoms with E-state index in [0.29, 0.717) is 0 Å². The molecule has 0 atom stereocenters. The molecule has 192 valence electrons. The van der Waals surface area contributed by atoms with Gasteiger partial charge >= 0.3 is 6.61 Å². The Morgan fingerprint density at radius 1 is 0.714 bits per heavy atom. The molecule has 0 amide bonds. The lowest BCUT2D eigenvalue weighted by molar-refractivity contribution is -0.0503. The molecule has 3 rings (SSSR count). The van der Waals surface area contributed by atoms with Gasteiger partial charge < -0.3 is 4.74 Å². The second-order valence-electron chi connectivity index (χ2n) is 7.53.